The first-order valence-electron chi connectivity index (χ1n) is 6.25. The van der Waals surface area contributed by atoms with E-state index < -0.39 is 0 Å². The van der Waals surface area contributed by atoms with E-state index in [1.54, 1.807) is 4.90 Å². The number of nitrogens with zero attached hydrogens (tertiary/aromatic N) is 2. The number of benzene rings is 1. The van der Waals surface area contributed by atoms with Crippen molar-refractivity contribution in [2.45, 2.75) is 26.7 Å². The van der Waals surface area contributed by atoms with Crippen LogP contribution in [0.2, 0.25) is 0 Å². The molecular weight excluding hydrogens is 212 g/mol. The summed E-state index contributed by atoms with van der Waals surface area (Å²) < 4.78 is 0. The normalized spacial score (nSPS) is 16.7. The van der Waals surface area contributed by atoms with Crippen LogP contribution >= 0.6 is 0 Å². The molecule has 0 bridgehead atoms. The standard InChI is InChI=1S/C14H18N2O/c1-3-9-15-13-11-7-5-6-8-12(11)14(17)16(13)10-4-2/h5-8H,3-4,9-10H2,1-2H3. The first-order chi connectivity index (χ1) is 8.29. The van der Waals surface area contributed by atoms with Crippen molar-refractivity contribution in [3.05, 3.63) is 35.4 Å². The van der Waals surface area contributed by atoms with Gasteiger partial charge in [0.15, 0.2) is 0 Å². The van der Waals surface area contributed by atoms with E-state index in [9.17, 15) is 4.79 Å². The molecule has 0 unspecified atom stereocenters. The van der Waals surface area contributed by atoms with Gasteiger partial charge in [0, 0.05) is 18.7 Å². The van der Waals surface area contributed by atoms with Crippen LogP contribution in [0.4, 0.5) is 0 Å². The van der Waals surface area contributed by atoms with E-state index >= 15 is 0 Å². The highest BCUT2D eigenvalue weighted by molar-refractivity contribution is 6.23. The molecule has 0 spiro atoms. The van der Waals surface area contributed by atoms with Crippen molar-refractivity contribution in [2.75, 3.05) is 13.1 Å². The molecule has 2 rings (SSSR count). The van der Waals surface area contributed by atoms with Crippen LogP contribution < -0.4 is 0 Å². The zero-order valence-corrected chi connectivity index (χ0v) is 10.4. The SMILES string of the molecule is CCCN=C1c2ccccc2C(=O)N1CCC. The predicted molar refractivity (Wildman–Crippen MR) is 69.5 cm³/mol. The number of carbonyl (C=O) groups excluding carboxylic acids is 1. The number of fused-ring (bicyclic) bond motifs is 1. The van der Waals surface area contributed by atoms with E-state index in [0.29, 0.717) is 0 Å². The molecule has 1 aromatic rings. The molecule has 1 aromatic carbocycles. The molecule has 0 saturated carbocycles. The second kappa shape index (κ2) is 5.13. The zero-order valence-electron chi connectivity index (χ0n) is 10.4. The summed E-state index contributed by atoms with van der Waals surface area (Å²) in [4.78, 5) is 18.6. The van der Waals surface area contributed by atoms with Crippen molar-refractivity contribution in [3.8, 4) is 0 Å². The fourth-order valence-corrected chi connectivity index (χ4v) is 2.07. The highest BCUT2D eigenvalue weighted by Crippen LogP contribution is 2.23. The van der Waals surface area contributed by atoms with Crippen molar-refractivity contribution in [1.29, 1.82) is 0 Å². The molecular formula is C14H18N2O. The Hall–Kier alpha value is -1.64. The van der Waals surface area contributed by atoms with E-state index in [4.69, 9.17) is 0 Å². The number of amides is 1. The highest BCUT2D eigenvalue weighted by Gasteiger charge is 2.32. The second-order valence-corrected chi connectivity index (χ2v) is 4.21. The van der Waals surface area contributed by atoms with Crippen molar-refractivity contribution in [3.63, 3.8) is 0 Å². The van der Waals surface area contributed by atoms with E-state index in [-0.39, 0.29) is 5.91 Å². The van der Waals surface area contributed by atoms with Gasteiger partial charge in [-0.15, -0.1) is 0 Å². The average Bonchev–Trinajstić information content (AvgIpc) is 2.62. The molecule has 3 heteroatoms. The van der Waals surface area contributed by atoms with E-state index in [1.165, 1.54) is 0 Å². The van der Waals surface area contributed by atoms with Gasteiger partial charge in [-0.2, -0.15) is 0 Å². The molecule has 17 heavy (non-hydrogen) atoms. The molecule has 3 nitrogen and oxygen atoms in total. The van der Waals surface area contributed by atoms with Gasteiger partial charge in [-0.3, -0.25) is 14.7 Å². The van der Waals surface area contributed by atoms with Crippen molar-refractivity contribution in [1.82, 2.24) is 4.90 Å². The molecule has 1 amide bonds. The Morgan fingerprint density at radius 1 is 1.12 bits per heavy atom. The number of carbonyl (C=O) groups is 1. The van der Waals surface area contributed by atoms with Gasteiger partial charge in [0.1, 0.15) is 5.84 Å². The van der Waals surface area contributed by atoms with Gasteiger partial charge in [-0.1, -0.05) is 32.0 Å². The number of aliphatic imine (C=N–C) groups is 1. The maximum Gasteiger partial charge on any atom is 0.260 e. The summed E-state index contributed by atoms with van der Waals surface area (Å²) in [6.45, 7) is 5.69. The van der Waals surface area contributed by atoms with Crippen LogP contribution in [0.1, 0.15) is 42.6 Å². The Morgan fingerprint density at radius 3 is 2.47 bits per heavy atom. The number of rotatable bonds is 4. The third-order valence-electron chi connectivity index (χ3n) is 2.83. The Balaban J connectivity index is 2.42. The van der Waals surface area contributed by atoms with E-state index in [1.807, 2.05) is 24.3 Å². The number of hydrogen-bond acceptors (Lipinski definition) is 2. The van der Waals surface area contributed by atoms with E-state index in [2.05, 4.69) is 18.8 Å². The van der Waals surface area contributed by atoms with Crippen LogP contribution in [-0.4, -0.2) is 29.7 Å². The summed E-state index contributed by atoms with van der Waals surface area (Å²) in [5, 5.41) is 0. The Kier molecular flexibility index (Phi) is 3.57. The Bertz CT molecular complexity index is 451. The van der Waals surface area contributed by atoms with Gasteiger partial charge in [0.05, 0.1) is 5.56 Å². The van der Waals surface area contributed by atoms with Crippen LogP contribution in [0.5, 0.6) is 0 Å². The number of hydrogen-bond donors (Lipinski definition) is 0. The second-order valence-electron chi connectivity index (χ2n) is 4.21. The van der Waals surface area contributed by atoms with E-state index in [0.717, 1.165) is 42.9 Å². The molecule has 1 aliphatic rings. The first kappa shape index (κ1) is 11.8. The van der Waals surface area contributed by atoms with Gasteiger partial charge >= 0.3 is 0 Å². The molecule has 0 radical (unpaired) electrons. The fourth-order valence-electron chi connectivity index (χ4n) is 2.07. The average molecular weight is 230 g/mol. The van der Waals surface area contributed by atoms with Gasteiger partial charge in [-0.25, -0.2) is 0 Å². The lowest BCUT2D eigenvalue weighted by Gasteiger charge is -2.15. The minimum absolute atomic E-state index is 0.0947. The molecule has 0 aliphatic carbocycles. The van der Waals surface area contributed by atoms with Crippen LogP contribution in [0.3, 0.4) is 0 Å². The molecule has 1 aliphatic heterocycles. The zero-order chi connectivity index (χ0) is 12.3. The van der Waals surface area contributed by atoms with Crippen molar-refractivity contribution < 1.29 is 4.79 Å². The summed E-state index contributed by atoms with van der Waals surface area (Å²) in [5.74, 6) is 0.951. The summed E-state index contributed by atoms with van der Waals surface area (Å²) >= 11 is 0. The molecule has 0 aromatic heterocycles. The first-order valence-corrected chi connectivity index (χ1v) is 6.25. The van der Waals surface area contributed by atoms with Crippen molar-refractivity contribution in [2.24, 2.45) is 4.99 Å². The highest BCUT2D eigenvalue weighted by atomic mass is 16.2. The van der Waals surface area contributed by atoms with Crippen LogP contribution in [0.25, 0.3) is 0 Å². The lowest BCUT2D eigenvalue weighted by atomic mass is 10.1. The summed E-state index contributed by atoms with van der Waals surface area (Å²) in [6.07, 6.45) is 1.95. The topological polar surface area (TPSA) is 32.7 Å². The van der Waals surface area contributed by atoms with Gasteiger partial charge in [0.25, 0.3) is 5.91 Å². The monoisotopic (exact) mass is 230 g/mol. The molecule has 0 fully saturated rings. The minimum atomic E-state index is 0.0947. The third-order valence-corrected chi connectivity index (χ3v) is 2.83. The third kappa shape index (κ3) is 2.09. The lowest BCUT2D eigenvalue weighted by molar-refractivity contribution is 0.0859. The van der Waals surface area contributed by atoms with Gasteiger partial charge in [0.2, 0.25) is 0 Å². The molecule has 90 valence electrons. The molecule has 0 atom stereocenters. The summed E-state index contributed by atoms with van der Waals surface area (Å²) in [5.41, 5.74) is 1.77. The van der Waals surface area contributed by atoms with Gasteiger partial charge < -0.3 is 0 Å². The predicted octanol–water partition coefficient (Wildman–Crippen LogP) is 2.71. The fraction of sp³-hybridized carbons (Fsp3) is 0.429. The summed E-state index contributed by atoms with van der Waals surface area (Å²) in [7, 11) is 0. The maximum atomic E-state index is 12.2. The van der Waals surface area contributed by atoms with Crippen LogP contribution in [0.15, 0.2) is 29.3 Å². The Labute approximate surface area is 102 Å². The quantitative estimate of drug-likeness (QED) is 0.782. The lowest BCUT2D eigenvalue weighted by Crippen LogP contribution is -2.31. The Morgan fingerprint density at radius 2 is 1.82 bits per heavy atom. The van der Waals surface area contributed by atoms with Gasteiger partial charge in [-0.05, 0) is 18.9 Å². The summed E-state index contributed by atoms with van der Waals surface area (Å²) in [6, 6.07) is 7.73. The number of amidine groups is 1. The largest absolute Gasteiger partial charge is 0.292 e. The van der Waals surface area contributed by atoms with Crippen LogP contribution in [-0.2, 0) is 0 Å². The maximum absolute atomic E-state index is 12.2. The van der Waals surface area contributed by atoms with Crippen LogP contribution in [0, 0.1) is 0 Å². The molecule has 0 N–H and O–H groups in total. The molecule has 1 heterocycles. The smallest absolute Gasteiger partial charge is 0.260 e. The molecule has 0 saturated heterocycles. The van der Waals surface area contributed by atoms with Crippen molar-refractivity contribution >= 4 is 11.7 Å². The minimum Gasteiger partial charge on any atom is -0.292 e.